The Balaban J connectivity index is 2.03. The van der Waals surface area contributed by atoms with Gasteiger partial charge in [0.2, 0.25) is 0 Å². The molecule has 0 saturated carbocycles. The molecule has 1 aliphatic rings. The minimum Gasteiger partial charge on any atom is -0.478 e. The summed E-state index contributed by atoms with van der Waals surface area (Å²) < 4.78 is 0. The first-order valence-corrected chi connectivity index (χ1v) is 7.37. The summed E-state index contributed by atoms with van der Waals surface area (Å²) >= 11 is 0. The summed E-state index contributed by atoms with van der Waals surface area (Å²) in [5.74, 6) is -0.187. The number of nitrogens with zero attached hydrogens (tertiary/aromatic N) is 2. The van der Waals surface area contributed by atoms with E-state index >= 15 is 0 Å². The molecule has 0 bridgehead atoms. The smallest absolute Gasteiger partial charge is 0.328 e. The Morgan fingerprint density at radius 2 is 2.29 bits per heavy atom. The van der Waals surface area contributed by atoms with E-state index in [4.69, 9.17) is 5.11 Å². The fraction of sp³-hybridized carbons (Fsp3) is 0.471. The Labute approximate surface area is 126 Å². The predicted octanol–water partition coefficient (Wildman–Crippen LogP) is 2.48. The largest absolute Gasteiger partial charge is 0.478 e. The van der Waals surface area contributed by atoms with Crippen LogP contribution in [0.1, 0.15) is 17.5 Å². The maximum atomic E-state index is 10.6. The highest BCUT2D eigenvalue weighted by atomic mass is 16.4. The van der Waals surface area contributed by atoms with Crippen molar-refractivity contribution < 1.29 is 9.90 Å². The quantitative estimate of drug-likeness (QED) is 0.845. The van der Waals surface area contributed by atoms with Crippen molar-refractivity contribution in [2.75, 3.05) is 38.6 Å². The monoisotopic (exact) mass is 288 g/mol. The number of aliphatic carboxylic acids is 1. The third kappa shape index (κ3) is 4.33. The molecule has 4 heteroatoms. The number of carboxylic acids is 1. The van der Waals surface area contributed by atoms with E-state index in [0.29, 0.717) is 0 Å². The summed E-state index contributed by atoms with van der Waals surface area (Å²) in [6, 6.07) is 6.18. The van der Waals surface area contributed by atoms with E-state index in [1.807, 2.05) is 13.0 Å². The molecule has 1 aliphatic heterocycles. The molecule has 1 aromatic rings. The van der Waals surface area contributed by atoms with Crippen LogP contribution in [0.5, 0.6) is 0 Å². The molecule has 2 rings (SSSR count). The lowest BCUT2D eigenvalue weighted by atomic mass is 10.1. The zero-order valence-corrected chi connectivity index (χ0v) is 13.0. The SMILES string of the molecule is Cc1cc(N(C)CC2CCN(C)C2)ccc1C=CC(=O)O. The van der Waals surface area contributed by atoms with E-state index in [0.717, 1.165) is 23.6 Å². The molecule has 0 spiro atoms. The second-order valence-electron chi connectivity index (χ2n) is 6.01. The second-order valence-corrected chi connectivity index (χ2v) is 6.01. The maximum absolute atomic E-state index is 10.6. The summed E-state index contributed by atoms with van der Waals surface area (Å²) in [6.07, 6.45) is 4.09. The van der Waals surface area contributed by atoms with Gasteiger partial charge in [-0.05, 0) is 62.2 Å². The number of benzene rings is 1. The normalized spacial score (nSPS) is 19.3. The molecule has 1 saturated heterocycles. The predicted molar refractivity (Wildman–Crippen MR) is 86.7 cm³/mol. The minimum absolute atomic E-state index is 0.729. The zero-order valence-electron chi connectivity index (χ0n) is 13.0. The van der Waals surface area contributed by atoms with Crippen molar-refractivity contribution in [3.05, 3.63) is 35.4 Å². The Morgan fingerprint density at radius 1 is 1.52 bits per heavy atom. The van der Waals surface area contributed by atoms with Gasteiger partial charge in [0.1, 0.15) is 0 Å². The number of hydrogen-bond acceptors (Lipinski definition) is 3. The first-order chi connectivity index (χ1) is 9.95. The van der Waals surface area contributed by atoms with Crippen molar-refractivity contribution in [3.8, 4) is 0 Å². The third-order valence-corrected chi connectivity index (χ3v) is 4.12. The summed E-state index contributed by atoms with van der Waals surface area (Å²) in [5, 5.41) is 8.69. The number of carboxylic acid groups (broad SMARTS) is 1. The van der Waals surface area contributed by atoms with Crippen LogP contribution in [0.25, 0.3) is 6.08 Å². The second kappa shape index (κ2) is 6.76. The molecule has 0 aromatic heterocycles. The fourth-order valence-electron chi connectivity index (χ4n) is 2.91. The van der Waals surface area contributed by atoms with E-state index in [9.17, 15) is 4.79 Å². The average molecular weight is 288 g/mol. The minimum atomic E-state index is -0.916. The molecule has 1 aromatic carbocycles. The van der Waals surface area contributed by atoms with Gasteiger partial charge < -0.3 is 14.9 Å². The van der Waals surface area contributed by atoms with Crippen LogP contribution in [-0.4, -0.2) is 49.7 Å². The Hall–Kier alpha value is -1.81. The van der Waals surface area contributed by atoms with Gasteiger partial charge in [-0.2, -0.15) is 0 Å². The molecule has 0 radical (unpaired) electrons. The summed E-state index contributed by atoms with van der Waals surface area (Å²) in [6.45, 7) is 5.44. The van der Waals surface area contributed by atoms with Gasteiger partial charge in [-0.3, -0.25) is 0 Å². The van der Waals surface area contributed by atoms with Gasteiger partial charge in [0.25, 0.3) is 0 Å². The lowest BCUT2D eigenvalue weighted by Crippen LogP contribution is -2.27. The molecular weight excluding hydrogens is 264 g/mol. The Kier molecular flexibility index (Phi) is 5.02. The van der Waals surface area contributed by atoms with Crippen molar-refractivity contribution >= 4 is 17.7 Å². The van der Waals surface area contributed by atoms with E-state index < -0.39 is 5.97 Å². The molecule has 1 N–H and O–H groups in total. The molecule has 114 valence electrons. The van der Waals surface area contributed by atoms with Crippen molar-refractivity contribution in [1.82, 2.24) is 4.90 Å². The van der Waals surface area contributed by atoms with Gasteiger partial charge in [-0.1, -0.05) is 6.07 Å². The topological polar surface area (TPSA) is 43.8 Å². The number of hydrogen-bond donors (Lipinski definition) is 1. The van der Waals surface area contributed by atoms with Gasteiger partial charge in [0, 0.05) is 31.9 Å². The number of carbonyl (C=O) groups is 1. The molecule has 1 fully saturated rings. The number of aryl methyl sites for hydroxylation is 1. The van der Waals surface area contributed by atoms with E-state index in [1.54, 1.807) is 6.08 Å². The van der Waals surface area contributed by atoms with Crippen LogP contribution < -0.4 is 4.90 Å². The molecule has 0 aliphatic carbocycles. The molecule has 21 heavy (non-hydrogen) atoms. The van der Waals surface area contributed by atoms with Crippen LogP contribution in [0.15, 0.2) is 24.3 Å². The van der Waals surface area contributed by atoms with Crippen LogP contribution in [0, 0.1) is 12.8 Å². The first-order valence-electron chi connectivity index (χ1n) is 7.37. The van der Waals surface area contributed by atoms with Gasteiger partial charge in [-0.15, -0.1) is 0 Å². The number of anilines is 1. The van der Waals surface area contributed by atoms with Crippen molar-refractivity contribution in [1.29, 1.82) is 0 Å². The summed E-state index contributed by atoms with van der Waals surface area (Å²) in [5.41, 5.74) is 3.24. The first kappa shape index (κ1) is 15.6. The van der Waals surface area contributed by atoms with E-state index in [1.165, 1.54) is 31.3 Å². The lowest BCUT2D eigenvalue weighted by molar-refractivity contribution is -0.131. The molecule has 0 amide bonds. The molecule has 4 nitrogen and oxygen atoms in total. The standard InChI is InChI=1S/C17H24N2O2/c1-13-10-16(6-4-15(13)5-7-17(20)21)19(3)12-14-8-9-18(2)11-14/h4-7,10,14H,8-9,11-12H2,1-3H3,(H,20,21). The van der Waals surface area contributed by atoms with Gasteiger partial charge in [-0.25, -0.2) is 4.79 Å². The number of rotatable bonds is 5. The van der Waals surface area contributed by atoms with Crippen LogP contribution in [-0.2, 0) is 4.79 Å². The molecular formula is C17H24N2O2. The summed E-state index contributed by atoms with van der Waals surface area (Å²) in [4.78, 5) is 15.3. The highest BCUT2D eigenvalue weighted by Gasteiger charge is 2.20. The van der Waals surface area contributed by atoms with Crippen molar-refractivity contribution in [2.24, 2.45) is 5.92 Å². The lowest BCUT2D eigenvalue weighted by Gasteiger charge is -2.24. The fourth-order valence-corrected chi connectivity index (χ4v) is 2.91. The average Bonchev–Trinajstić information content (AvgIpc) is 2.82. The van der Waals surface area contributed by atoms with Gasteiger partial charge >= 0.3 is 5.97 Å². The van der Waals surface area contributed by atoms with Crippen LogP contribution in [0.4, 0.5) is 5.69 Å². The molecule has 1 atom stereocenters. The van der Waals surface area contributed by atoms with Crippen molar-refractivity contribution in [3.63, 3.8) is 0 Å². The highest BCUT2D eigenvalue weighted by Crippen LogP contribution is 2.22. The van der Waals surface area contributed by atoms with E-state index in [2.05, 4.69) is 36.0 Å². The van der Waals surface area contributed by atoms with E-state index in [-0.39, 0.29) is 0 Å². The highest BCUT2D eigenvalue weighted by molar-refractivity contribution is 5.85. The number of likely N-dealkylation sites (tertiary alicyclic amines) is 1. The third-order valence-electron chi connectivity index (χ3n) is 4.12. The summed E-state index contributed by atoms with van der Waals surface area (Å²) in [7, 11) is 4.30. The van der Waals surface area contributed by atoms with Crippen molar-refractivity contribution in [2.45, 2.75) is 13.3 Å². The van der Waals surface area contributed by atoms with Crippen LogP contribution >= 0.6 is 0 Å². The molecule has 1 unspecified atom stereocenters. The molecule has 1 heterocycles. The van der Waals surface area contributed by atoms with Crippen LogP contribution in [0.2, 0.25) is 0 Å². The Morgan fingerprint density at radius 3 is 2.86 bits per heavy atom. The zero-order chi connectivity index (χ0) is 15.4. The van der Waals surface area contributed by atoms with Gasteiger partial charge in [0.15, 0.2) is 0 Å². The van der Waals surface area contributed by atoms with Gasteiger partial charge in [0.05, 0.1) is 0 Å². The Bertz CT molecular complexity index is 540. The maximum Gasteiger partial charge on any atom is 0.328 e. The van der Waals surface area contributed by atoms with Crippen LogP contribution in [0.3, 0.4) is 0 Å².